The Bertz CT molecular complexity index is 652. The molecule has 0 spiro atoms. The number of hydrogen-bond acceptors (Lipinski definition) is 4. The summed E-state index contributed by atoms with van der Waals surface area (Å²) in [5.74, 6) is 3.45. The molecular weight excluding hydrogens is 431 g/mol. The second kappa shape index (κ2) is 9.79. The summed E-state index contributed by atoms with van der Waals surface area (Å²) in [7, 11) is 0. The Hall–Kier alpha value is -1.58. The third-order valence-electron chi connectivity index (χ3n) is 4.00. The van der Waals surface area contributed by atoms with Gasteiger partial charge in [0.05, 0.1) is 12.8 Å². The van der Waals surface area contributed by atoms with Crippen molar-refractivity contribution < 1.29 is 4.42 Å². The van der Waals surface area contributed by atoms with Crippen LogP contribution in [0.2, 0.25) is 0 Å². The van der Waals surface area contributed by atoms with E-state index < -0.39 is 0 Å². The van der Waals surface area contributed by atoms with Gasteiger partial charge in [0.15, 0.2) is 5.96 Å². The van der Waals surface area contributed by atoms with E-state index in [0.29, 0.717) is 12.0 Å². The van der Waals surface area contributed by atoms with Crippen molar-refractivity contribution in [3.8, 4) is 0 Å². The van der Waals surface area contributed by atoms with Crippen LogP contribution in [0.5, 0.6) is 0 Å². The van der Waals surface area contributed by atoms with Crippen LogP contribution in [0, 0.1) is 5.92 Å². The largest absolute Gasteiger partial charge is 0.469 e. The SMILES string of the molecule is CC(C)CN=C(NCCc1ccco1)NC1CCc2ncnn2C1.I. The first kappa shape index (κ1) is 19.7. The van der Waals surface area contributed by atoms with Crippen LogP contribution in [0.15, 0.2) is 34.1 Å². The molecule has 3 heterocycles. The molecule has 0 radical (unpaired) electrons. The highest BCUT2D eigenvalue weighted by molar-refractivity contribution is 14.0. The van der Waals surface area contributed by atoms with Crippen LogP contribution in [0.3, 0.4) is 0 Å². The number of nitrogens with zero attached hydrogens (tertiary/aromatic N) is 4. The molecule has 138 valence electrons. The number of aryl methyl sites for hydroxylation is 1. The summed E-state index contributed by atoms with van der Waals surface area (Å²) in [6.45, 7) is 6.77. The maximum absolute atomic E-state index is 5.37. The van der Waals surface area contributed by atoms with Crippen molar-refractivity contribution in [2.45, 2.75) is 45.7 Å². The molecule has 25 heavy (non-hydrogen) atoms. The second-order valence-electron chi connectivity index (χ2n) is 6.58. The molecule has 1 atom stereocenters. The molecule has 0 fully saturated rings. The van der Waals surface area contributed by atoms with Crippen molar-refractivity contribution in [1.29, 1.82) is 0 Å². The first-order valence-electron chi connectivity index (χ1n) is 8.64. The molecular formula is C17H27IN6O. The van der Waals surface area contributed by atoms with Crippen LogP contribution >= 0.6 is 24.0 Å². The first-order chi connectivity index (χ1) is 11.7. The standard InChI is InChI=1S/C17H26N6O.HI/c1-13(2)10-19-17(18-8-7-15-4-3-9-24-15)22-14-5-6-16-20-12-21-23(16)11-14;/h3-4,9,12-14H,5-8,10-11H2,1-2H3,(H2,18,19,22);1H. The van der Waals surface area contributed by atoms with Gasteiger partial charge in [-0.15, -0.1) is 24.0 Å². The zero-order chi connectivity index (χ0) is 16.8. The minimum Gasteiger partial charge on any atom is -0.469 e. The summed E-state index contributed by atoms with van der Waals surface area (Å²) in [6, 6.07) is 4.23. The van der Waals surface area contributed by atoms with E-state index in [1.807, 2.05) is 16.8 Å². The lowest BCUT2D eigenvalue weighted by Crippen LogP contribution is -2.47. The minimum atomic E-state index is 0. The molecule has 1 aliphatic rings. The van der Waals surface area contributed by atoms with Crippen LogP contribution in [-0.4, -0.2) is 39.9 Å². The number of rotatable bonds is 6. The van der Waals surface area contributed by atoms with Crippen molar-refractivity contribution in [2.24, 2.45) is 10.9 Å². The quantitative estimate of drug-likeness (QED) is 0.395. The number of fused-ring (bicyclic) bond motifs is 1. The molecule has 2 aromatic rings. The Kier molecular flexibility index (Phi) is 7.73. The van der Waals surface area contributed by atoms with E-state index in [4.69, 9.17) is 9.41 Å². The predicted octanol–water partition coefficient (Wildman–Crippen LogP) is 2.24. The van der Waals surface area contributed by atoms with Crippen molar-refractivity contribution in [1.82, 2.24) is 25.4 Å². The number of furan rings is 1. The van der Waals surface area contributed by atoms with Gasteiger partial charge in [-0.2, -0.15) is 5.10 Å². The van der Waals surface area contributed by atoms with Crippen molar-refractivity contribution in [3.63, 3.8) is 0 Å². The molecule has 7 nitrogen and oxygen atoms in total. The van der Waals surface area contributed by atoms with Gasteiger partial charge in [-0.1, -0.05) is 13.8 Å². The van der Waals surface area contributed by atoms with Gasteiger partial charge < -0.3 is 15.1 Å². The molecule has 0 aromatic carbocycles. The molecule has 0 saturated heterocycles. The second-order valence-corrected chi connectivity index (χ2v) is 6.58. The summed E-state index contributed by atoms with van der Waals surface area (Å²) < 4.78 is 7.35. The van der Waals surface area contributed by atoms with Gasteiger partial charge in [0.25, 0.3) is 0 Å². The number of hydrogen-bond donors (Lipinski definition) is 2. The fourth-order valence-electron chi connectivity index (χ4n) is 2.73. The summed E-state index contributed by atoms with van der Waals surface area (Å²) in [4.78, 5) is 8.97. The molecule has 0 amide bonds. The maximum atomic E-state index is 5.37. The summed E-state index contributed by atoms with van der Waals surface area (Å²) in [6.07, 6.45) is 6.17. The van der Waals surface area contributed by atoms with E-state index in [-0.39, 0.29) is 24.0 Å². The van der Waals surface area contributed by atoms with Crippen molar-refractivity contribution in [3.05, 3.63) is 36.3 Å². The monoisotopic (exact) mass is 458 g/mol. The van der Waals surface area contributed by atoms with Gasteiger partial charge in [-0.25, -0.2) is 9.67 Å². The van der Waals surface area contributed by atoms with Gasteiger partial charge in [-0.05, 0) is 24.5 Å². The van der Waals surface area contributed by atoms with Crippen molar-refractivity contribution in [2.75, 3.05) is 13.1 Å². The molecule has 1 aliphatic heterocycles. The molecule has 2 aromatic heterocycles. The maximum Gasteiger partial charge on any atom is 0.191 e. The normalized spacial score (nSPS) is 17.1. The topological polar surface area (TPSA) is 80.3 Å². The molecule has 0 aliphatic carbocycles. The Morgan fingerprint density at radius 3 is 3.12 bits per heavy atom. The number of nitrogens with one attached hydrogen (secondary N) is 2. The Labute approximate surface area is 165 Å². The Balaban J connectivity index is 0.00000225. The smallest absolute Gasteiger partial charge is 0.191 e. The van der Waals surface area contributed by atoms with Crippen LogP contribution in [0.4, 0.5) is 0 Å². The van der Waals surface area contributed by atoms with E-state index in [1.54, 1.807) is 12.6 Å². The van der Waals surface area contributed by atoms with Gasteiger partial charge in [0, 0.05) is 32.0 Å². The molecule has 8 heteroatoms. The summed E-state index contributed by atoms with van der Waals surface area (Å²) in [5, 5.41) is 11.2. The van der Waals surface area contributed by atoms with E-state index in [9.17, 15) is 0 Å². The van der Waals surface area contributed by atoms with Gasteiger partial charge in [-0.3, -0.25) is 4.99 Å². The third-order valence-corrected chi connectivity index (χ3v) is 4.00. The lowest BCUT2D eigenvalue weighted by molar-refractivity contribution is 0.392. The van der Waals surface area contributed by atoms with Crippen LogP contribution in [0.1, 0.15) is 31.9 Å². The van der Waals surface area contributed by atoms with Gasteiger partial charge in [0.2, 0.25) is 0 Å². The zero-order valence-electron chi connectivity index (χ0n) is 14.8. The zero-order valence-corrected chi connectivity index (χ0v) is 17.1. The van der Waals surface area contributed by atoms with Crippen LogP contribution in [-0.2, 0) is 19.4 Å². The molecule has 2 N–H and O–H groups in total. The van der Waals surface area contributed by atoms with E-state index in [2.05, 4.69) is 34.6 Å². The molecule has 0 bridgehead atoms. The third kappa shape index (κ3) is 6.02. The predicted molar refractivity (Wildman–Crippen MR) is 108 cm³/mol. The number of aliphatic imine (C=N–C) groups is 1. The van der Waals surface area contributed by atoms with E-state index in [0.717, 1.165) is 56.4 Å². The number of halogens is 1. The molecule has 3 rings (SSSR count). The van der Waals surface area contributed by atoms with Gasteiger partial charge in [0.1, 0.15) is 17.9 Å². The summed E-state index contributed by atoms with van der Waals surface area (Å²) >= 11 is 0. The van der Waals surface area contributed by atoms with Crippen LogP contribution < -0.4 is 10.6 Å². The number of aromatic nitrogens is 3. The number of guanidine groups is 1. The van der Waals surface area contributed by atoms with Crippen molar-refractivity contribution >= 4 is 29.9 Å². The lowest BCUT2D eigenvalue weighted by atomic mass is 10.1. The minimum absolute atomic E-state index is 0. The Morgan fingerprint density at radius 2 is 2.36 bits per heavy atom. The highest BCUT2D eigenvalue weighted by Gasteiger charge is 2.20. The van der Waals surface area contributed by atoms with Crippen LogP contribution in [0.25, 0.3) is 0 Å². The Morgan fingerprint density at radius 1 is 1.48 bits per heavy atom. The van der Waals surface area contributed by atoms with E-state index in [1.165, 1.54) is 0 Å². The highest BCUT2D eigenvalue weighted by atomic mass is 127. The van der Waals surface area contributed by atoms with E-state index >= 15 is 0 Å². The first-order valence-corrected chi connectivity index (χ1v) is 8.64. The lowest BCUT2D eigenvalue weighted by Gasteiger charge is -2.25. The van der Waals surface area contributed by atoms with Gasteiger partial charge >= 0.3 is 0 Å². The average Bonchev–Trinajstić information content (AvgIpc) is 3.23. The summed E-state index contributed by atoms with van der Waals surface area (Å²) in [5.41, 5.74) is 0. The highest BCUT2D eigenvalue weighted by Crippen LogP contribution is 2.11. The molecule has 0 saturated carbocycles. The average molecular weight is 458 g/mol. The fraction of sp³-hybridized carbons (Fsp3) is 0.588. The fourth-order valence-corrected chi connectivity index (χ4v) is 2.73. The molecule has 1 unspecified atom stereocenters.